The standard InChI is InChI=1S/C18H24BN3O3S/c1-12(23)22-10-14(19-24-17(2,3)18(4,5)25-19)8-13-9-15(26-11-20)6-7-16(13)21/h6-9H,10,21H2,1-5H3,(H,22,23). The first-order chi connectivity index (χ1) is 12.1. The average Bonchev–Trinajstić information content (AvgIpc) is 2.74. The molecule has 0 radical (unpaired) electrons. The van der Waals surface area contributed by atoms with Crippen LogP contribution >= 0.6 is 11.8 Å². The molecule has 0 saturated carbocycles. The van der Waals surface area contributed by atoms with Crippen molar-refractivity contribution in [2.45, 2.75) is 50.7 Å². The SMILES string of the molecule is CC(=O)NCC(=Cc1cc(SC#N)ccc1N)B1OC(C)(C)C(C)(C)O1. The van der Waals surface area contributed by atoms with Crippen LogP contribution < -0.4 is 11.1 Å². The van der Waals surface area contributed by atoms with Gasteiger partial charge < -0.3 is 20.4 Å². The number of hydrogen-bond donors (Lipinski definition) is 2. The number of thiocyanates is 1. The Morgan fingerprint density at radius 3 is 2.50 bits per heavy atom. The molecule has 1 aromatic carbocycles. The quantitative estimate of drug-likeness (QED) is 0.356. The van der Waals surface area contributed by atoms with E-state index < -0.39 is 18.3 Å². The van der Waals surface area contributed by atoms with E-state index in [4.69, 9.17) is 20.3 Å². The Morgan fingerprint density at radius 2 is 1.96 bits per heavy atom. The van der Waals surface area contributed by atoms with Crippen LogP contribution in [0, 0.1) is 10.7 Å². The van der Waals surface area contributed by atoms with Crippen molar-refractivity contribution in [3.05, 3.63) is 29.2 Å². The molecular formula is C18H24BN3O3S. The van der Waals surface area contributed by atoms with Crippen LogP contribution in [0.5, 0.6) is 0 Å². The van der Waals surface area contributed by atoms with Crippen molar-refractivity contribution in [1.82, 2.24) is 5.32 Å². The van der Waals surface area contributed by atoms with Gasteiger partial charge in [0.2, 0.25) is 5.91 Å². The maximum Gasteiger partial charge on any atom is 0.492 e. The molecule has 1 amide bonds. The first-order valence-electron chi connectivity index (χ1n) is 8.32. The maximum absolute atomic E-state index is 11.4. The molecule has 1 saturated heterocycles. The summed E-state index contributed by atoms with van der Waals surface area (Å²) < 4.78 is 12.2. The minimum Gasteiger partial charge on any atom is -0.400 e. The number of rotatable bonds is 5. The summed E-state index contributed by atoms with van der Waals surface area (Å²) in [5.41, 5.74) is 7.19. The summed E-state index contributed by atoms with van der Waals surface area (Å²) in [6.07, 6.45) is 1.86. The molecule has 1 aliphatic heterocycles. The van der Waals surface area contributed by atoms with Gasteiger partial charge in [-0.05, 0) is 68.7 Å². The lowest BCUT2D eigenvalue weighted by Crippen LogP contribution is -2.41. The molecule has 0 atom stereocenters. The van der Waals surface area contributed by atoms with E-state index in [1.54, 1.807) is 12.1 Å². The van der Waals surface area contributed by atoms with E-state index in [0.29, 0.717) is 5.69 Å². The molecule has 0 bridgehead atoms. The number of nitrogens with zero attached hydrogens (tertiary/aromatic N) is 1. The normalized spacial score (nSPS) is 18.5. The van der Waals surface area contributed by atoms with Gasteiger partial charge in [0.25, 0.3) is 0 Å². The van der Waals surface area contributed by atoms with Crippen LogP contribution in [0.2, 0.25) is 0 Å². The zero-order valence-corrected chi connectivity index (χ0v) is 16.6. The van der Waals surface area contributed by atoms with Crippen molar-refractivity contribution in [3.63, 3.8) is 0 Å². The Balaban J connectivity index is 2.39. The monoisotopic (exact) mass is 373 g/mol. The van der Waals surface area contributed by atoms with Crippen LogP contribution in [0.1, 0.15) is 40.2 Å². The highest BCUT2D eigenvalue weighted by Gasteiger charge is 2.52. The van der Waals surface area contributed by atoms with Gasteiger partial charge in [-0.2, -0.15) is 5.26 Å². The number of anilines is 1. The van der Waals surface area contributed by atoms with Crippen LogP contribution in [0.25, 0.3) is 6.08 Å². The van der Waals surface area contributed by atoms with Crippen molar-refractivity contribution in [2.75, 3.05) is 12.3 Å². The van der Waals surface area contributed by atoms with E-state index in [9.17, 15) is 4.79 Å². The third-order valence-electron chi connectivity index (χ3n) is 4.66. The molecule has 8 heteroatoms. The molecule has 0 spiro atoms. The van der Waals surface area contributed by atoms with Crippen molar-refractivity contribution in [3.8, 4) is 5.40 Å². The molecule has 0 aromatic heterocycles. The molecule has 0 aliphatic carbocycles. The third kappa shape index (κ3) is 4.61. The molecule has 1 aliphatic rings. The lowest BCUT2D eigenvalue weighted by molar-refractivity contribution is -0.118. The van der Waals surface area contributed by atoms with Gasteiger partial charge in [-0.3, -0.25) is 4.79 Å². The van der Waals surface area contributed by atoms with Crippen molar-refractivity contribution >= 4 is 36.6 Å². The van der Waals surface area contributed by atoms with Crippen molar-refractivity contribution in [2.24, 2.45) is 0 Å². The Labute approximate surface area is 159 Å². The fraction of sp³-hybridized carbons (Fsp3) is 0.444. The van der Waals surface area contributed by atoms with E-state index in [1.807, 2.05) is 45.2 Å². The van der Waals surface area contributed by atoms with Gasteiger partial charge >= 0.3 is 7.12 Å². The Hall–Kier alpha value is -1.95. The highest BCUT2D eigenvalue weighted by Crippen LogP contribution is 2.39. The number of carbonyl (C=O) groups excluding carboxylic acids is 1. The summed E-state index contributed by atoms with van der Waals surface area (Å²) in [7, 11) is -0.599. The number of amides is 1. The number of nitrogens with one attached hydrogen (secondary N) is 1. The zero-order chi connectivity index (χ0) is 19.5. The highest BCUT2D eigenvalue weighted by molar-refractivity contribution is 8.03. The number of benzene rings is 1. The van der Waals surface area contributed by atoms with Gasteiger partial charge in [0.15, 0.2) is 0 Å². The van der Waals surface area contributed by atoms with E-state index >= 15 is 0 Å². The van der Waals surface area contributed by atoms with Crippen LogP contribution in [-0.4, -0.2) is 30.8 Å². The molecule has 1 fully saturated rings. The fourth-order valence-corrected chi connectivity index (χ4v) is 2.84. The number of carbonyl (C=O) groups is 1. The molecule has 1 aromatic rings. The number of nitrogen functional groups attached to an aromatic ring is 1. The molecule has 26 heavy (non-hydrogen) atoms. The maximum atomic E-state index is 11.4. The van der Waals surface area contributed by atoms with Crippen LogP contribution in [-0.2, 0) is 14.1 Å². The Bertz CT molecular complexity index is 755. The summed E-state index contributed by atoms with van der Waals surface area (Å²) in [4.78, 5) is 12.2. The summed E-state index contributed by atoms with van der Waals surface area (Å²) >= 11 is 1.06. The number of nitriles is 1. The Kier molecular flexibility index (Phi) is 6.07. The van der Waals surface area contributed by atoms with Gasteiger partial charge in [0.1, 0.15) is 5.40 Å². The lowest BCUT2D eigenvalue weighted by Gasteiger charge is -2.32. The van der Waals surface area contributed by atoms with Crippen molar-refractivity contribution < 1.29 is 14.1 Å². The van der Waals surface area contributed by atoms with Crippen molar-refractivity contribution in [1.29, 1.82) is 5.26 Å². The molecule has 0 unspecified atom stereocenters. The molecule has 138 valence electrons. The minimum absolute atomic E-state index is 0.144. The van der Waals surface area contributed by atoms with Gasteiger partial charge in [-0.25, -0.2) is 0 Å². The molecule has 3 N–H and O–H groups in total. The highest BCUT2D eigenvalue weighted by atomic mass is 32.2. The fourth-order valence-electron chi connectivity index (χ4n) is 2.42. The molecule has 2 rings (SSSR count). The Morgan fingerprint density at radius 1 is 1.35 bits per heavy atom. The van der Waals surface area contributed by atoms with Gasteiger partial charge in [0.05, 0.1) is 11.2 Å². The van der Waals surface area contributed by atoms with E-state index in [0.717, 1.165) is 27.7 Å². The number of nitrogens with two attached hydrogens (primary N) is 1. The topological polar surface area (TPSA) is 97.4 Å². The first-order valence-corrected chi connectivity index (χ1v) is 9.13. The van der Waals surface area contributed by atoms with Gasteiger partial charge in [0, 0.05) is 24.1 Å². The average molecular weight is 373 g/mol. The van der Waals surface area contributed by atoms with Gasteiger partial charge in [-0.1, -0.05) is 6.08 Å². The van der Waals surface area contributed by atoms with Crippen LogP contribution in [0.4, 0.5) is 5.69 Å². The summed E-state index contributed by atoms with van der Waals surface area (Å²) in [5.74, 6) is -0.144. The summed E-state index contributed by atoms with van der Waals surface area (Å²) in [6, 6.07) is 5.39. The third-order valence-corrected chi connectivity index (χ3v) is 5.24. The van der Waals surface area contributed by atoms with Gasteiger partial charge in [-0.15, -0.1) is 0 Å². The molecular weight excluding hydrogens is 349 g/mol. The smallest absolute Gasteiger partial charge is 0.400 e. The largest absolute Gasteiger partial charge is 0.492 e. The molecule has 6 nitrogen and oxygen atoms in total. The summed E-state index contributed by atoms with van der Waals surface area (Å²) in [6.45, 7) is 9.63. The second kappa shape index (κ2) is 7.74. The van der Waals surface area contributed by atoms with E-state index in [2.05, 4.69) is 5.32 Å². The molecule has 1 heterocycles. The second-order valence-corrected chi connectivity index (χ2v) is 8.06. The minimum atomic E-state index is -0.599. The predicted octanol–water partition coefficient (Wildman–Crippen LogP) is 2.99. The van der Waals surface area contributed by atoms with Crippen LogP contribution in [0.15, 0.2) is 28.6 Å². The summed E-state index contributed by atoms with van der Waals surface area (Å²) in [5, 5.41) is 13.7. The first kappa shape index (κ1) is 20.4. The number of hydrogen-bond acceptors (Lipinski definition) is 6. The van der Waals surface area contributed by atoms with E-state index in [-0.39, 0.29) is 12.5 Å². The second-order valence-electron chi connectivity index (χ2n) is 7.20. The van der Waals surface area contributed by atoms with Crippen LogP contribution in [0.3, 0.4) is 0 Å². The predicted molar refractivity (Wildman–Crippen MR) is 105 cm³/mol. The lowest BCUT2D eigenvalue weighted by atomic mass is 9.77. The number of thioether (sulfide) groups is 1. The zero-order valence-electron chi connectivity index (χ0n) is 15.8. The van der Waals surface area contributed by atoms with E-state index in [1.165, 1.54) is 6.92 Å².